The van der Waals surface area contributed by atoms with E-state index < -0.39 is 0 Å². The van der Waals surface area contributed by atoms with Crippen molar-refractivity contribution in [3.8, 4) is 11.5 Å². The number of rotatable bonds is 5. The molecule has 0 saturated carbocycles. The van der Waals surface area contributed by atoms with E-state index in [2.05, 4.69) is 5.10 Å². The second-order valence-corrected chi connectivity index (χ2v) is 6.08. The molecule has 1 unspecified atom stereocenters. The lowest BCUT2D eigenvalue weighted by atomic mass is 10.0. The van der Waals surface area contributed by atoms with Crippen LogP contribution in [0.15, 0.2) is 36.7 Å². The van der Waals surface area contributed by atoms with Crippen LogP contribution in [-0.2, 0) is 11.8 Å². The molecule has 1 amide bonds. The number of carbonyl (C=O) groups is 1. The summed E-state index contributed by atoms with van der Waals surface area (Å²) in [7, 11) is 5.12. The molecule has 1 fully saturated rings. The van der Waals surface area contributed by atoms with Crippen molar-refractivity contribution in [2.24, 2.45) is 7.05 Å². The number of hydrogen-bond donors (Lipinski definition) is 0. The lowest BCUT2D eigenvalue weighted by Gasteiger charge is -2.25. The number of ether oxygens (including phenoxy) is 2. The van der Waals surface area contributed by atoms with Gasteiger partial charge in [0, 0.05) is 43.1 Å². The Labute approximate surface area is 147 Å². The Hall–Kier alpha value is -2.76. The molecule has 6 heteroatoms. The zero-order valence-electron chi connectivity index (χ0n) is 14.8. The van der Waals surface area contributed by atoms with Crippen LogP contribution in [0.1, 0.15) is 30.0 Å². The van der Waals surface area contributed by atoms with Crippen molar-refractivity contribution >= 4 is 12.0 Å². The van der Waals surface area contributed by atoms with Crippen molar-refractivity contribution in [1.29, 1.82) is 0 Å². The highest BCUT2D eigenvalue weighted by Gasteiger charge is 2.30. The maximum atomic E-state index is 12.7. The minimum atomic E-state index is 0.00391. The lowest BCUT2D eigenvalue weighted by molar-refractivity contribution is -0.126. The van der Waals surface area contributed by atoms with Crippen LogP contribution in [0.4, 0.5) is 0 Å². The number of carbonyl (C=O) groups excluding carboxylic acids is 1. The molecule has 6 nitrogen and oxygen atoms in total. The normalized spacial score (nSPS) is 17.2. The SMILES string of the molecule is COc1ccc(C2CCCN2C(=O)/C=C/c2cnn(C)c2)c(OC)c1. The summed E-state index contributed by atoms with van der Waals surface area (Å²) in [5.41, 5.74) is 1.93. The summed E-state index contributed by atoms with van der Waals surface area (Å²) in [6.07, 6.45) is 8.93. The van der Waals surface area contributed by atoms with E-state index in [0.29, 0.717) is 0 Å². The van der Waals surface area contributed by atoms with Gasteiger partial charge in [-0.3, -0.25) is 9.48 Å². The van der Waals surface area contributed by atoms with Gasteiger partial charge in [-0.2, -0.15) is 5.10 Å². The van der Waals surface area contributed by atoms with Crippen molar-refractivity contribution in [1.82, 2.24) is 14.7 Å². The minimum absolute atomic E-state index is 0.00391. The van der Waals surface area contributed by atoms with E-state index in [1.807, 2.05) is 36.3 Å². The van der Waals surface area contributed by atoms with E-state index in [9.17, 15) is 4.79 Å². The zero-order chi connectivity index (χ0) is 17.8. The van der Waals surface area contributed by atoms with Gasteiger partial charge in [0.1, 0.15) is 11.5 Å². The number of nitrogens with zero attached hydrogens (tertiary/aromatic N) is 3. The first-order valence-electron chi connectivity index (χ1n) is 8.31. The van der Waals surface area contributed by atoms with E-state index in [1.165, 1.54) is 0 Å². The molecule has 3 rings (SSSR count). The highest BCUT2D eigenvalue weighted by molar-refractivity contribution is 5.92. The van der Waals surface area contributed by atoms with Crippen LogP contribution in [-0.4, -0.2) is 41.4 Å². The van der Waals surface area contributed by atoms with E-state index in [0.717, 1.165) is 42.0 Å². The molecule has 1 aliphatic rings. The van der Waals surface area contributed by atoms with Crippen LogP contribution >= 0.6 is 0 Å². The third-order valence-electron chi connectivity index (χ3n) is 4.48. The van der Waals surface area contributed by atoms with E-state index in [-0.39, 0.29) is 11.9 Å². The zero-order valence-corrected chi connectivity index (χ0v) is 14.8. The van der Waals surface area contributed by atoms with E-state index in [1.54, 1.807) is 37.3 Å². The van der Waals surface area contributed by atoms with Gasteiger partial charge in [-0.05, 0) is 31.1 Å². The van der Waals surface area contributed by atoms with Gasteiger partial charge in [0.25, 0.3) is 0 Å². The summed E-state index contributed by atoms with van der Waals surface area (Å²) in [6.45, 7) is 0.746. The van der Waals surface area contributed by atoms with Gasteiger partial charge in [-0.1, -0.05) is 0 Å². The molecule has 2 heterocycles. The predicted molar refractivity (Wildman–Crippen MR) is 95.5 cm³/mol. The van der Waals surface area contributed by atoms with Gasteiger partial charge in [-0.25, -0.2) is 0 Å². The Balaban J connectivity index is 1.80. The first-order chi connectivity index (χ1) is 12.1. The average molecular weight is 341 g/mol. The quantitative estimate of drug-likeness (QED) is 0.785. The van der Waals surface area contributed by atoms with Gasteiger partial charge < -0.3 is 14.4 Å². The molecular weight excluding hydrogens is 318 g/mol. The number of methoxy groups -OCH3 is 2. The number of likely N-dealkylation sites (tertiary alicyclic amines) is 1. The predicted octanol–water partition coefficient (Wildman–Crippen LogP) is 2.81. The van der Waals surface area contributed by atoms with Crippen LogP contribution in [0.2, 0.25) is 0 Å². The monoisotopic (exact) mass is 341 g/mol. The van der Waals surface area contributed by atoms with Crippen molar-refractivity contribution in [2.45, 2.75) is 18.9 Å². The lowest BCUT2D eigenvalue weighted by Crippen LogP contribution is -2.29. The van der Waals surface area contributed by atoms with E-state index in [4.69, 9.17) is 9.47 Å². The summed E-state index contributed by atoms with van der Waals surface area (Å²) in [6, 6.07) is 5.78. The topological polar surface area (TPSA) is 56.6 Å². The molecule has 1 aliphatic heterocycles. The summed E-state index contributed by atoms with van der Waals surface area (Å²) in [4.78, 5) is 14.6. The minimum Gasteiger partial charge on any atom is -0.497 e. The molecule has 2 aromatic rings. The number of benzene rings is 1. The first-order valence-corrected chi connectivity index (χ1v) is 8.31. The van der Waals surface area contributed by atoms with Crippen LogP contribution in [0.5, 0.6) is 11.5 Å². The molecule has 0 spiro atoms. The molecular formula is C19H23N3O3. The molecule has 0 aliphatic carbocycles. The van der Waals surface area contributed by atoms with Crippen LogP contribution < -0.4 is 9.47 Å². The van der Waals surface area contributed by atoms with Crippen LogP contribution in [0.25, 0.3) is 6.08 Å². The standard InChI is InChI=1S/C19H23N3O3/c1-21-13-14(12-20-21)6-9-19(23)22-10-4-5-17(22)16-8-7-15(24-2)11-18(16)25-3/h6-9,11-13,17H,4-5,10H2,1-3H3/b9-6+. The fraction of sp³-hybridized carbons (Fsp3) is 0.368. The maximum absolute atomic E-state index is 12.7. The van der Waals surface area contributed by atoms with Gasteiger partial charge in [0.2, 0.25) is 5.91 Å². The van der Waals surface area contributed by atoms with Crippen LogP contribution in [0, 0.1) is 0 Å². The molecule has 1 atom stereocenters. The molecule has 25 heavy (non-hydrogen) atoms. The maximum Gasteiger partial charge on any atom is 0.247 e. The first kappa shape index (κ1) is 17.1. The molecule has 132 valence electrons. The molecule has 1 aromatic carbocycles. The Morgan fingerprint density at radius 3 is 2.84 bits per heavy atom. The van der Waals surface area contributed by atoms with Crippen LogP contribution in [0.3, 0.4) is 0 Å². The van der Waals surface area contributed by atoms with Crippen molar-refractivity contribution in [3.63, 3.8) is 0 Å². The van der Waals surface area contributed by atoms with Crippen molar-refractivity contribution < 1.29 is 14.3 Å². The highest BCUT2D eigenvalue weighted by Crippen LogP contribution is 2.38. The second kappa shape index (κ2) is 7.42. The van der Waals surface area contributed by atoms with Crippen molar-refractivity contribution in [3.05, 3.63) is 47.8 Å². The number of aromatic nitrogens is 2. The summed E-state index contributed by atoms with van der Waals surface area (Å²) in [5.74, 6) is 1.50. The van der Waals surface area contributed by atoms with Gasteiger partial charge in [-0.15, -0.1) is 0 Å². The molecule has 0 bridgehead atoms. The molecule has 1 saturated heterocycles. The third kappa shape index (κ3) is 3.68. The Morgan fingerprint density at radius 2 is 2.16 bits per heavy atom. The fourth-order valence-corrected chi connectivity index (χ4v) is 3.24. The molecule has 1 aromatic heterocycles. The highest BCUT2D eigenvalue weighted by atomic mass is 16.5. The fourth-order valence-electron chi connectivity index (χ4n) is 3.24. The van der Waals surface area contributed by atoms with Gasteiger partial charge in [0.15, 0.2) is 0 Å². The largest absolute Gasteiger partial charge is 0.497 e. The average Bonchev–Trinajstić information content (AvgIpc) is 3.28. The third-order valence-corrected chi connectivity index (χ3v) is 4.48. The smallest absolute Gasteiger partial charge is 0.247 e. The Morgan fingerprint density at radius 1 is 1.32 bits per heavy atom. The second-order valence-electron chi connectivity index (χ2n) is 6.08. The Kier molecular flexibility index (Phi) is 5.07. The number of amides is 1. The van der Waals surface area contributed by atoms with Crippen molar-refractivity contribution in [2.75, 3.05) is 20.8 Å². The van der Waals surface area contributed by atoms with Gasteiger partial charge >= 0.3 is 0 Å². The van der Waals surface area contributed by atoms with Gasteiger partial charge in [0.05, 0.1) is 26.5 Å². The molecule has 0 N–H and O–H groups in total. The summed E-state index contributed by atoms with van der Waals surface area (Å²) in [5, 5.41) is 4.11. The number of aryl methyl sites for hydroxylation is 1. The molecule has 0 radical (unpaired) electrons. The Bertz CT molecular complexity index is 782. The summed E-state index contributed by atoms with van der Waals surface area (Å²) >= 11 is 0. The number of hydrogen-bond acceptors (Lipinski definition) is 4. The summed E-state index contributed by atoms with van der Waals surface area (Å²) < 4.78 is 12.5. The van der Waals surface area contributed by atoms with E-state index >= 15 is 0 Å².